The lowest BCUT2D eigenvalue weighted by Gasteiger charge is -2.10. The first-order chi connectivity index (χ1) is 12.4. The summed E-state index contributed by atoms with van der Waals surface area (Å²) in [6, 6.07) is 16.3. The molecule has 1 N–H and O–H groups in total. The van der Waals surface area contributed by atoms with E-state index in [1.165, 1.54) is 4.90 Å². The molecule has 0 aliphatic carbocycles. The van der Waals surface area contributed by atoms with Crippen LogP contribution in [0.1, 0.15) is 10.5 Å². The second kappa shape index (κ2) is 7.76. The van der Waals surface area contributed by atoms with Gasteiger partial charge in [-0.3, -0.25) is 9.59 Å². The average Bonchev–Trinajstić information content (AvgIpc) is 2.62. The number of hydrogen-bond acceptors (Lipinski definition) is 4. The number of benzene rings is 2. The average molecular weight is 386 g/mol. The summed E-state index contributed by atoms with van der Waals surface area (Å²) in [6.07, 6.45) is 0. The minimum absolute atomic E-state index is 0.0866. The van der Waals surface area contributed by atoms with Crippen molar-refractivity contribution in [1.29, 1.82) is 0 Å². The van der Waals surface area contributed by atoms with E-state index in [0.29, 0.717) is 5.69 Å². The van der Waals surface area contributed by atoms with Gasteiger partial charge in [-0.2, -0.15) is 0 Å². The SMILES string of the molecule is CN(C)C(=O)Sc1cccc(NC(=O)c2cc3ccccc3c(Cl)n2)c1. The Morgan fingerprint density at radius 3 is 2.62 bits per heavy atom. The first-order valence-electron chi connectivity index (χ1n) is 7.80. The van der Waals surface area contributed by atoms with Crippen molar-refractivity contribution < 1.29 is 9.59 Å². The molecule has 1 aromatic heterocycles. The fourth-order valence-electron chi connectivity index (χ4n) is 2.30. The van der Waals surface area contributed by atoms with Crippen molar-refractivity contribution in [3.8, 4) is 0 Å². The van der Waals surface area contributed by atoms with E-state index in [4.69, 9.17) is 11.6 Å². The van der Waals surface area contributed by atoms with E-state index in [2.05, 4.69) is 10.3 Å². The topological polar surface area (TPSA) is 62.3 Å². The lowest BCUT2D eigenvalue weighted by Crippen LogP contribution is -2.16. The molecule has 0 aliphatic heterocycles. The monoisotopic (exact) mass is 385 g/mol. The van der Waals surface area contributed by atoms with Gasteiger partial charge in [0.2, 0.25) is 0 Å². The number of anilines is 1. The molecule has 3 rings (SSSR count). The Balaban J connectivity index is 1.81. The number of carbonyl (C=O) groups is 2. The molecule has 3 aromatic rings. The van der Waals surface area contributed by atoms with E-state index < -0.39 is 0 Å². The van der Waals surface area contributed by atoms with Crippen molar-refractivity contribution in [2.75, 3.05) is 19.4 Å². The number of fused-ring (bicyclic) bond motifs is 1. The van der Waals surface area contributed by atoms with E-state index in [1.54, 1.807) is 38.4 Å². The van der Waals surface area contributed by atoms with Gasteiger partial charge in [-0.25, -0.2) is 4.98 Å². The summed E-state index contributed by atoms with van der Waals surface area (Å²) < 4.78 is 0. The van der Waals surface area contributed by atoms with Crippen LogP contribution >= 0.6 is 23.4 Å². The highest BCUT2D eigenvalue weighted by Crippen LogP contribution is 2.25. The number of nitrogens with zero attached hydrogens (tertiary/aromatic N) is 2. The Bertz CT molecular complexity index is 991. The highest BCUT2D eigenvalue weighted by molar-refractivity contribution is 8.13. The van der Waals surface area contributed by atoms with Crippen LogP contribution < -0.4 is 5.32 Å². The number of nitrogens with one attached hydrogen (secondary N) is 1. The molecule has 26 heavy (non-hydrogen) atoms. The lowest BCUT2D eigenvalue weighted by molar-refractivity contribution is 0.102. The van der Waals surface area contributed by atoms with Crippen LogP contribution in [0.15, 0.2) is 59.5 Å². The van der Waals surface area contributed by atoms with Gasteiger partial charge in [-0.1, -0.05) is 41.9 Å². The van der Waals surface area contributed by atoms with Gasteiger partial charge in [-0.05, 0) is 41.4 Å². The van der Waals surface area contributed by atoms with Crippen LogP contribution in [0.2, 0.25) is 5.15 Å². The summed E-state index contributed by atoms with van der Waals surface area (Å²) in [6.45, 7) is 0. The van der Waals surface area contributed by atoms with Crippen molar-refractivity contribution >= 4 is 51.0 Å². The predicted molar refractivity (Wildman–Crippen MR) is 106 cm³/mol. The highest BCUT2D eigenvalue weighted by atomic mass is 35.5. The summed E-state index contributed by atoms with van der Waals surface area (Å²) in [4.78, 5) is 30.8. The molecular weight excluding hydrogens is 370 g/mol. The molecular formula is C19H16ClN3O2S. The molecule has 0 bridgehead atoms. The third kappa shape index (κ3) is 4.15. The van der Waals surface area contributed by atoms with Crippen LogP contribution in [-0.2, 0) is 0 Å². The van der Waals surface area contributed by atoms with Crippen molar-refractivity contribution in [3.05, 3.63) is 65.4 Å². The van der Waals surface area contributed by atoms with Gasteiger partial charge in [0.25, 0.3) is 11.1 Å². The zero-order valence-electron chi connectivity index (χ0n) is 14.2. The van der Waals surface area contributed by atoms with Gasteiger partial charge in [0.15, 0.2) is 0 Å². The van der Waals surface area contributed by atoms with Gasteiger partial charge < -0.3 is 10.2 Å². The second-order valence-electron chi connectivity index (χ2n) is 5.76. The zero-order chi connectivity index (χ0) is 18.7. The van der Waals surface area contributed by atoms with Crippen molar-refractivity contribution in [2.24, 2.45) is 0 Å². The number of halogens is 1. The lowest BCUT2D eigenvalue weighted by atomic mass is 10.1. The Morgan fingerprint density at radius 1 is 1.08 bits per heavy atom. The smallest absolute Gasteiger partial charge is 0.285 e. The van der Waals surface area contributed by atoms with Gasteiger partial charge in [0.05, 0.1) is 0 Å². The summed E-state index contributed by atoms with van der Waals surface area (Å²) >= 11 is 7.28. The molecule has 0 aliphatic rings. The molecule has 5 nitrogen and oxygen atoms in total. The van der Waals surface area contributed by atoms with E-state index in [-0.39, 0.29) is 22.0 Å². The summed E-state index contributed by atoms with van der Waals surface area (Å²) in [7, 11) is 3.38. The minimum atomic E-state index is -0.362. The molecule has 0 atom stereocenters. The highest BCUT2D eigenvalue weighted by Gasteiger charge is 2.13. The number of amides is 2. The standard InChI is InChI=1S/C19H16ClN3O2S/c1-23(2)19(25)26-14-8-5-7-13(11-14)21-18(24)16-10-12-6-3-4-9-15(12)17(20)22-16/h3-11H,1-2H3,(H,21,24). The van der Waals surface area contributed by atoms with E-state index in [1.807, 2.05) is 30.3 Å². The zero-order valence-corrected chi connectivity index (χ0v) is 15.8. The molecule has 1 heterocycles. The summed E-state index contributed by atoms with van der Waals surface area (Å²) in [5.74, 6) is -0.362. The third-order valence-corrected chi connectivity index (χ3v) is 4.91. The summed E-state index contributed by atoms with van der Waals surface area (Å²) in [5, 5.41) is 4.64. The maximum Gasteiger partial charge on any atom is 0.285 e. The number of thioether (sulfide) groups is 1. The maximum absolute atomic E-state index is 12.5. The molecule has 0 radical (unpaired) electrons. The number of pyridine rings is 1. The Labute approximate surface area is 160 Å². The number of hydrogen-bond donors (Lipinski definition) is 1. The van der Waals surface area contributed by atoms with Crippen LogP contribution in [0.3, 0.4) is 0 Å². The number of aromatic nitrogens is 1. The van der Waals surface area contributed by atoms with Gasteiger partial charge in [-0.15, -0.1) is 0 Å². The first-order valence-corrected chi connectivity index (χ1v) is 8.99. The molecule has 132 valence electrons. The number of rotatable bonds is 3. The Hall–Kier alpha value is -2.57. The molecule has 0 saturated heterocycles. The maximum atomic E-state index is 12.5. The third-order valence-electron chi connectivity index (χ3n) is 3.59. The molecule has 0 spiro atoms. The molecule has 0 unspecified atom stereocenters. The molecule has 0 fully saturated rings. The van der Waals surface area contributed by atoms with Crippen LogP contribution in [0.25, 0.3) is 10.8 Å². The molecule has 2 amide bonds. The van der Waals surface area contributed by atoms with Crippen LogP contribution in [-0.4, -0.2) is 35.1 Å². The minimum Gasteiger partial charge on any atom is -0.339 e. The molecule has 2 aromatic carbocycles. The largest absolute Gasteiger partial charge is 0.339 e. The fourth-order valence-corrected chi connectivity index (χ4v) is 3.28. The summed E-state index contributed by atoms with van der Waals surface area (Å²) in [5.41, 5.74) is 0.814. The van der Waals surface area contributed by atoms with Gasteiger partial charge in [0, 0.05) is 30.1 Å². The van der Waals surface area contributed by atoms with Gasteiger partial charge in [0.1, 0.15) is 10.8 Å². The fraction of sp³-hybridized carbons (Fsp3) is 0.105. The van der Waals surface area contributed by atoms with E-state index in [9.17, 15) is 9.59 Å². The van der Waals surface area contributed by atoms with Crippen molar-refractivity contribution in [3.63, 3.8) is 0 Å². The van der Waals surface area contributed by atoms with Crippen LogP contribution in [0.5, 0.6) is 0 Å². The second-order valence-corrected chi connectivity index (χ2v) is 7.15. The van der Waals surface area contributed by atoms with Gasteiger partial charge >= 0.3 is 0 Å². The Kier molecular flexibility index (Phi) is 5.44. The van der Waals surface area contributed by atoms with E-state index >= 15 is 0 Å². The Morgan fingerprint density at radius 2 is 1.85 bits per heavy atom. The molecule has 0 saturated carbocycles. The van der Waals surface area contributed by atoms with E-state index in [0.717, 1.165) is 27.4 Å². The quantitative estimate of drug-likeness (QED) is 0.513. The van der Waals surface area contributed by atoms with Crippen molar-refractivity contribution in [1.82, 2.24) is 9.88 Å². The normalized spacial score (nSPS) is 10.6. The predicted octanol–water partition coefficient (Wildman–Crippen LogP) is 4.91. The molecule has 7 heteroatoms. The van der Waals surface area contributed by atoms with Crippen molar-refractivity contribution in [2.45, 2.75) is 4.90 Å². The number of carbonyl (C=O) groups excluding carboxylic acids is 2. The van der Waals surface area contributed by atoms with Crippen LogP contribution in [0, 0.1) is 0 Å². The van der Waals surface area contributed by atoms with Crippen LogP contribution in [0.4, 0.5) is 10.5 Å². The first kappa shape index (κ1) is 18.2.